The number of hydrogen-bond donors (Lipinski definition) is 2. The second kappa shape index (κ2) is 8.37. The Balaban J connectivity index is 1.92. The summed E-state index contributed by atoms with van der Waals surface area (Å²) in [7, 11) is 1.63. The monoisotopic (exact) mass is 448 g/mol. The highest BCUT2D eigenvalue weighted by Crippen LogP contribution is 2.38. The number of benzene rings is 2. The first-order valence-electron chi connectivity index (χ1n) is 10.2. The van der Waals surface area contributed by atoms with E-state index in [0.717, 1.165) is 17.7 Å². The summed E-state index contributed by atoms with van der Waals surface area (Å²) in [5.74, 6) is 0. The van der Waals surface area contributed by atoms with Gasteiger partial charge in [0.25, 0.3) is 0 Å². The van der Waals surface area contributed by atoms with Crippen LogP contribution in [0.4, 0.5) is 34.1 Å². The average molecular weight is 448 g/mol. The highest BCUT2D eigenvalue weighted by atomic mass is 19.4. The molecule has 0 spiro atoms. The number of carbonyl (C=O) groups excluding carboxylic acids is 2. The summed E-state index contributed by atoms with van der Waals surface area (Å²) in [6.45, 7) is 7.61. The quantitative estimate of drug-likeness (QED) is 0.627. The van der Waals surface area contributed by atoms with E-state index < -0.39 is 23.3 Å². The summed E-state index contributed by atoms with van der Waals surface area (Å²) in [4.78, 5) is 28.1. The van der Waals surface area contributed by atoms with E-state index in [1.54, 1.807) is 38.2 Å². The third-order valence-corrected chi connectivity index (χ3v) is 5.11. The van der Waals surface area contributed by atoms with Gasteiger partial charge in [-0.15, -0.1) is 0 Å². The van der Waals surface area contributed by atoms with Crippen LogP contribution in [0.15, 0.2) is 42.5 Å². The molecule has 32 heavy (non-hydrogen) atoms. The number of anilines is 2. The Morgan fingerprint density at radius 2 is 1.78 bits per heavy atom. The molecule has 0 fully saturated rings. The summed E-state index contributed by atoms with van der Waals surface area (Å²) in [6, 6.07) is 8.85. The number of nitrogens with one attached hydrogen (secondary N) is 2. The normalized spacial score (nSPS) is 15.3. The van der Waals surface area contributed by atoms with E-state index in [9.17, 15) is 22.8 Å². The number of urea groups is 2. The molecule has 0 saturated heterocycles. The van der Waals surface area contributed by atoms with Crippen LogP contribution in [0.3, 0.4) is 0 Å². The van der Waals surface area contributed by atoms with E-state index in [1.807, 2.05) is 20.8 Å². The minimum atomic E-state index is -4.47. The van der Waals surface area contributed by atoms with Gasteiger partial charge in [-0.05, 0) is 69.2 Å². The van der Waals surface area contributed by atoms with Crippen LogP contribution in [0, 0.1) is 0 Å². The van der Waals surface area contributed by atoms with Crippen LogP contribution in [0.25, 0.3) is 0 Å². The number of fused-ring (bicyclic) bond motifs is 1. The number of alkyl halides is 3. The highest BCUT2D eigenvalue weighted by molar-refractivity contribution is 5.96. The molecule has 9 heteroatoms. The maximum absolute atomic E-state index is 13.2. The van der Waals surface area contributed by atoms with Gasteiger partial charge in [-0.25, -0.2) is 9.59 Å². The molecule has 2 aromatic carbocycles. The van der Waals surface area contributed by atoms with E-state index in [-0.39, 0.29) is 12.1 Å². The molecular formula is C23H27F3N4O2. The lowest BCUT2D eigenvalue weighted by Crippen LogP contribution is -2.46. The fourth-order valence-electron chi connectivity index (χ4n) is 3.64. The molecule has 172 valence electrons. The van der Waals surface area contributed by atoms with E-state index in [1.165, 1.54) is 15.9 Å². The van der Waals surface area contributed by atoms with Crippen molar-refractivity contribution in [2.75, 3.05) is 17.3 Å². The zero-order chi connectivity index (χ0) is 23.8. The number of nitrogens with zero attached hydrogens (tertiary/aromatic N) is 2. The summed E-state index contributed by atoms with van der Waals surface area (Å²) in [6.07, 6.45) is -4.47. The van der Waals surface area contributed by atoms with Gasteiger partial charge < -0.3 is 15.5 Å². The van der Waals surface area contributed by atoms with Crippen LogP contribution in [0.1, 0.15) is 50.4 Å². The molecule has 1 atom stereocenters. The van der Waals surface area contributed by atoms with Crippen molar-refractivity contribution < 1.29 is 22.8 Å². The van der Waals surface area contributed by atoms with Crippen molar-refractivity contribution in [2.24, 2.45) is 0 Å². The molecule has 0 aliphatic carbocycles. The second-order valence-electron chi connectivity index (χ2n) is 8.98. The Kier molecular flexibility index (Phi) is 6.13. The number of hydrogen-bond acceptors (Lipinski definition) is 2. The minimum Gasteiger partial charge on any atom is -0.333 e. The van der Waals surface area contributed by atoms with Crippen molar-refractivity contribution in [3.05, 3.63) is 59.2 Å². The maximum atomic E-state index is 13.2. The largest absolute Gasteiger partial charge is 0.416 e. The van der Waals surface area contributed by atoms with Gasteiger partial charge in [-0.1, -0.05) is 12.1 Å². The second-order valence-corrected chi connectivity index (χ2v) is 8.98. The average Bonchev–Trinajstić information content (AvgIpc) is 2.66. The fourth-order valence-corrected chi connectivity index (χ4v) is 3.64. The summed E-state index contributed by atoms with van der Waals surface area (Å²) < 4.78 is 39.5. The minimum absolute atomic E-state index is 0.311. The SMILES string of the molecule is CC(c1cccc(C(F)(F)F)c1)N1C(=O)N(C)Cc2cc(NC(=O)NC(C)(C)C)ccc21. The van der Waals surface area contributed by atoms with Gasteiger partial charge in [0, 0.05) is 24.8 Å². The standard InChI is InChI=1S/C23H27F3N4O2/c1-14(15-7-6-8-17(11-15)23(24,25)26)30-19-10-9-18(27-20(31)28-22(2,3)4)12-16(19)13-29(5)21(30)32/h6-12,14H,13H2,1-5H3,(H2,27,28,31). The van der Waals surface area contributed by atoms with Crippen molar-refractivity contribution in [2.45, 2.75) is 52.0 Å². The molecule has 4 amide bonds. The molecule has 0 bridgehead atoms. The lowest BCUT2D eigenvalue weighted by Gasteiger charge is -2.39. The van der Waals surface area contributed by atoms with E-state index in [0.29, 0.717) is 23.5 Å². The lowest BCUT2D eigenvalue weighted by atomic mass is 10.0. The first-order chi connectivity index (χ1) is 14.8. The van der Waals surface area contributed by atoms with E-state index in [4.69, 9.17) is 0 Å². The molecule has 1 heterocycles. The third-order valence-electron chi connectivity index (χ3n) is 5.11. The van der Waals surface area contributed by atoms with E-state index in [2.05, 4.69) is 10.6 Å². The molecule has 0 saturated carbocycles. The Morgan fingerprint density at radius 3 is 2.41 bits per heavy atom. The lowest BCUT2D eigenvalue weighted by molar-refractivity contribution is -0.137. The van der Waals surface area contributed by atoms with Gasteiger partial charge >= 0.3 is 18.2 Å². The van der Waals surface area contributed by atoms with Crippen molar-refractivity contribution in [3.8, 4) is 0 Å². The number of halogens is 3. The highest BCUT2D eigenvalue weighted by Gasteiger charge is 2.35. The summed E-state index contributed by atoms with van der Waals surface area (Å²) >= 11 is 0. The third kappa shape index (κ3) is 5.15. The summed E-state index contributed by atoms with van der Waals surface area (Å²) in [5, 5.41) is 5.59. The molecule has 0 radical (unpaired) electrons. The van der Waals surface area contributed by atoms with Crippen molar-refractivity contribution in [1.29, 1.82) is 0 Å². The Labute approximate surface area is 185 Å². The van der Waals surface area contributed by atoms with Gasteiger partial charge in [0.15, 0.2) is 0 Å². The Bertz CT molecular complexity index is 1030. The topological polar surface area (TPSA) is 64.7 Å². The smallest absolute Gasteiger partial charge is 0.333 e. The number of carbonyl (C=O) groups is 2. The van der Waals surface area contributed by atoms with Crippen LogP contribution < -0.4 is 15.5 Å². The molecule has 3 rings (SSSR count). The van der Waals surface area contributed by atoms with Gasteiger partial charge in [0.05, 0.1) is 17.3 Å². The zero-order valence-corrected chi connectivity index (χ0v) is 18.7. The Hall–Kier alpha value is -3.23. The predicted molar refractivity (Wildman–Crippen MR) is 118 cm³/mol. The van der Waals surface area contributed by atoms with Gasteiger partial charge in [0.1, 0.15) is 0 Å². The molecular weight excluding hydrogens is 421 g/mol. The van der Waals surface area contributed by atoms with Gasteiger partial charge in [0.2, 0.25) is 0 Å². The zero-order valence-electron chi connectivity index (χ0n) is 18.7. The molecule has 2 N–H and O–H groups in total. The number of rotatable bonds is 3. The van der Waals surface area contributed by atoms with Crippen LogP contribution in [0.5, 0.6) is 0 Å². The first kappa shape index (κ1) is 23.4. The molecule has 0 aromatic heterocycles. The Morgan fingerprint density at radius 1 is 1.09 bits per heavy atom. The first-order valence-corrected chi connectivity index (χ1v) is 10.2. The maximum Gasteiger partial charge on any atom is 0.416 e. The fraction of sp³-hybridized carbons (Fsp3) is 0.391. The molecule has 6 nitrogen and oxygen atoms in total. The van der Waals surface area contributed by atoms with Crippen molar-refractivity contribution in [3.63, 3.8) is 0 Å². The summed E-state index contributed by atoms with van der Waals surface area (Å²) in [5.41, 5.74) is 1.15. The predicted octanol–water partition coefficient (Wildman–Crippen LogP) is 5.76. The molecule has 1 unspecified atom stereocenters. The van der Waals surface area contributed by atoms with Gasteiger partial charge in [-0.3, -0.25) is 4.90 Å². The van der Waals surface area contributed by atoms with Gasteiger partial charge in [-0.2, -0.15) is 13.2 Å². The van der Waals surface area contributed by atoms with Crippen LogP contribution >= 0.6 is 0 Å². The van der Waals surface area contributed by atoms with Crippen LogP contribution in [-0.4, -0.2) is 29.5 Å². The molecule has 1 aliphatic heterocycles. The molecule has 1 aliphatic rings. The van der Waals surface area contributed by atoms with Crippen LogP contribution in [-0.2, 0) is 12.7 Å². The van der Waals surface area contributed by atoms with Crippen molar-refractivity contribution in [1.82, 2.24) is 10.2 Å². The van der Waals surface area contributed by atoms with Crippen LogP contribution in [0.2, 0.25) is 0 Å². The molecule has 2 aromatic rings. The van der Waals surface area contributed by atoms with E-state index >= 15 is 0 Å². The van der Waals surface area contributed by atoms with Crippen molar-refractivity contribution >= 4 is 23.4 Å². The number of amides is 4.